The summed E-state index contributed by atoms with van der Waals surface area (Å²) >= 11 is 1.10. The number of nitrogens with zero attached hydrogens (tertiary/aromatic N) is 1. The number of aliphatic hydroxyl groups is 2. The van der Waals surface area contributed by atoms with Crippen LogP contribution in [0.4, 0.5) is 39.0 Å². The van der Waals surface area contributed by atoms with E-state index in [4.69, 9.17) is 19.3 Å². The SMILES string of the molecule is COCCOc1cc(NCCO)c(F)cc1NCC#Cc1sc2c(NC3CCN(CC(O)COC)CC3F)cccc2c1CC(F)(F)F. The average molecular weight is 701 g/mol. The zero-order chi connectivity index (χ0) is 34.7. The van der Waals surface area contributed by atoms with Crippen LogP contribution in [0.25, 0.3) is 10.1 Å². The van der Waals surface area contributed by atoms with Crippen molar-refractivity contribution in [1.82, 2.24) is 4.90 Å². The molecule has 264 valence electrons. The Labute approximate surface area is 280 Å². The topological polar surface area (TPSA) is 107 Å². The maximum absolute atomic E-state index is 15.2. The summed E-state index contributed by atoms with van der Waals surface area (Å²) in [5.74, 6) is 5.42. The summed E-state index contributed by atoms with van der Waals surface area (Å²) in [6, 6.07) is 7.04. The molecule has 0 amide bonds. The van der Waals surface area contributed by atoms with Crippen LogP contribution in [-0.4, -0.2) is 113 Å². The quantitative estimate of drug-likeness (QED) is 0.0814. The Kier molecular flexibility index (Phi) is 13.9. The van der Waals surface area contributed by atoms with Crippen molar-refractivity contribution < 1.29 is 46.4 Å². The number of benzene rings is 2. The summed E-state index contributed by atoms with van der Waals surface area (Å²) in [4.78, 5) is 2.05. The molecule has 1 aromatic heterocycles. The van der Waals surface area contributed by atoms with Crippen LogP contribution < -0.4 is 20.7 Å². The third-order valence-electron chi connectivity index (χ3n) is 7.60. The van der Waals surface area contributed by atoms with Gasteiger partial charge in [0.25, 0.3) is 0 Å². The van der Waals surface area contributed by atoms with Gasteiger partial charge in [-0.1, -0.05) is 24.0 Å². The highest BCUT2D eigenvalue weighted by Crippen LogP contribution is 2.40. The number of methoxy groups -OCH3 is 2. The Balaban J connectivity index is 1.54. The third kappa shape index (κ3) is 10.6. The second-order valence-corrected chi connectivity index (χ2v) is 12.3. The molecule has 0 radical (unpaired) electrons. The maximum Gasteiger partial charge on any atom is 0.393 e. The van der Waals surface area contributed by atoms with Gasteiger partial charge in [-0.25, -0.2) is 8.78 Å². The molecule has 1 aliphatic heterocycles. The van der Waals surface area contributed by atoms with Crippen molar-refractivity contribution in [1.29, 1.82) is 0 Å². The Morgan fingerprint density at radius 1 is 1.10 bits per heavy atom. The van der Waals surface area contributed by atoms with Gasteiger partial charge in [-0.15, -0.1) is 11.3 Å². The van der Waals surface area contributed by atoms with Crippen LogP contribution in [0.3, 0.4) is 0 Å². The van der Waals surface area contributed by atoms with E-state index in [2.05, 4.69) is 27.8 Å². The lowest BCUT2D eigenvalue weighted by atomic mass is 10.0. The van der Waals surface area contributed by atoms with Gasteiger partial charge < -0.3 is 40.4 Å². The molecule has 1 aliphatic rings. The summed E-state index contributed by atoms with van der Waals surface area (Å²) in [6.07, 6.45) is -7.24. The molecular weight excluding hydrogens is 659 g/mol. The molecule has 0 spiro atoms. The van der Waals surface area contributed by atoms with Crippen molar-refractivity contribution in [3.05, 3.63) is 46.6 Å². The molecule has 0 saturated carbocycles. The van der Waals surface area contributed by atoms with Gasteiger partial charge in [-0.2, -0.15) is 13.2 Å². The van der Waals surface area contributed by atoms with Gasteiger partial charge in [0.05, 0.1) is 71.6 Å². The molecule has 3 unspecified atom stereocenters. The largest absolute Gasteiger partial charge is 0.489 e. The van der Waals surface area contributed by atoms with Crippen LogP contribution in [0.2, 0.25) is 0 Å². The Bertz CT molecular complexity index is 1550. The number of hydrogen-bond acceptors (Lipinski definition) is 10. The molecule has 2 heterocycles. The van der Waals surface area contributed by atoms with E-state index in [0.29, 0.717) is 34.5 Å². The summed E-state index contributed by atoms with van der Waals surface area (Å²) in [5.41, 5.74) is 0.970. The van der Waals surface area contributed by atoms with Crippen molar-refractivity contribution in [2.45, 2.75) is 37.3 Å². The Morgan fingerprint density at radius 3 is 2.62 bits per heavy atom. The minimum atomic E-state index is -4.49. The van der Waals surface area contributed by atoms with Crippen molar-refractivity contribution >= 4 is 38.5 Å². The van der Waals surface area contributed by atoms with Crippen LogP contribution in [0.5, 0.6) is 5.75 Å². The van der Waals surface area contributed by atoms with E-state index in [1.807, 2.05) is 4.90 Å². The number of halogens is 5. The van der Waals surface area contributed by atoms with Crippen molar-refractivity contribution in [2.24, 2.45) is 0 Å². The number of anilines is 3. The fourth-order valence-electron chi connectivity index (χ4n) is 5.44. The number of hydrogen-bond donors (Lipinski definition) is 5. The first-order valence-corrected chi connectivity index (χ1v) is 16.3. The van der Waals surface area contributed by atoms with Crippen LogP contribution in [-0.2, 0) is 15.9 Å². The fourth-order valence-corrected chi connectivity index (χ4v) is 6.61. The van der Waals surface area contributed by atoms with E-state index in [1.54, 1.807) is 18.2 Å². The van der Waals surface area contributed by atoms with Crippen LogP contribution in [0, 0.1) is 17.7 Å². The molecule has 9 nitrogen and oxygen atoms in total. The molecular formula is C33H41F5N4O5S. The van der Waals surface area contributed by atoms with Crippen molar-refractivity contribution in [3.63, 3.8) is 0 Å². The molecule has 1 fully saturated rings. The monoisotopic (exact) mass is 700 g/mol. The first kappa shape index (κ1) is 37.4. The number of fused-ring (bicyclic) bond motifs is 1. The Hall–Kier alpha value is -3.39. The van der Waals surface area contributed by atoms with Gasteiger partial charge in [-0.3, -0.25) is 4.90 Å². The van der Waals surface area contributed by atoms with Crippen LogP contribution in [0.1, 0.15) is 16.9 Å². The van der Waals surface area contributed by atoms with Gasteiger partial charge >= 0.3 is 6.18 Å². The number of alkyl halides is 4. The number of piperidine rings is 1. The molecule has 4 rings (SSSR count). The number of thiophene rings is 1. The first-order chi connectivity index (χ1) is 23.0. The second kappa shape index (κ2) is 17.8. The summed E-state index contributed by atoms with van der Waals surface area (Å²) < 4.78 is 87.4. The van der Waals surface area contributed by atoms with Gasteiger partial charge in [0, 0.05) is 52.5 Å². The molecule has 0 bridgehead atoms. The molecule has 2 aromatic carbocycles. The number of ether oxygens (including phenoxy) is 3. The fraction of sp³-hybridized carbons (Fsp3) is 0.515. The predicted molar refractivity (Wildman–Crippen MR) is 178 cm³/mol. The van der Waals surface area contributed by atoms with Crippen LogP contribution >= 0.6 is 11.3 Å². The zero-order valence-corrected chi connectivity index (χ0v) is 27.6. The average Bonchev–Trinajstić information content (AvgIpc) is 3.37. The van der Waals surface area contributed by atoms with Crippen LogP contribution in [0.15, 0.2) is 30.3 Å². The highest BCUT2D eigenvalue weighted by atomic mass is 32.1. The number of aliphatic hydroxyl groups excluding tert-OH is 2. The third-order valence-corrected chi connectivity index (χ3v) is 8.80. The first-order valence-electron chi connectivity index (χ1n) is 15.5. The lowest BCUT2D eigenvalue weighted by Gasteiger charge is -2.36. The second-order valence-electron chi connectivity index (χ2n) is 11.3. The van der Waals surface area contributed by atoms with E-state index < -0.39 is 36.7 Å². The molecule has 15 heteroatoms. The maximum atomic E-state index is 15.2. The normalized spacial score (nSPS) is 17.5. The minimum absolute atomic E-state index is 0.0323. The van der Waals surface area contributed by atoms with Crippen molar-refractivity contribution in [3.8, 4) is 17.6 Å². The molecule has 3 atom stereocenters. The summed E-state index contributed by atoms with van der Waals surface area (Å²) in [7, 11) is 2.99. The Morgan fingerprint density at radius 2 is 1.92 bits per heavy atom. The van der Waals surface area contributed by atoms with Crippen molar-refractivity contribution in [2.75, 3.05) is 89.3 Å². The predicted octanol–water partition coefficient (Wildman–Crippen LogP) is 4.87. The van der Waals surface area contributed by atoms with E-state index in [1.165, 1.54) is 26.4 Å². The standard InChI is InChI=1S/C33H41F5N4O5S/c1-45-13-14-47-30-16-28(40-10-12-43)24(34)15-29(30)39-9-4-7-31-23(17-33(36,37)38)22-5-3-6-27(32(22)48-31)41-26-8-11-42(19-25(26)35)18-21(44)20-46-2/h3,5-6,15-16,21,25-26,39-41,43-44H,8-14,17-20H2,1-2H3. The number of nitrogens with one attached hydrogen (secondary N) is 3. The van der Waals surface area contributed by atoms with Gasteiger partial charge in [-0.05, 0) is 23.4 Å². The van der Waals surface area contributed by atoms with Gasteiger partial charge in [0.2, 0.25) is 0 Å². The lowest BCUT2D eigenvalue weighted by molar-refractivity contribution is -0.126. The summed E-state index contributed by atoms with van der Waals surface area (Å²) in [6.45, 7) is 1.44. The minimum Gasteiger partial charge on any atom is -0.489 e. The molecule has 0 aliphatic carbocycles. The summed E-state index contributed by atoms with van der Waals surface area (Å²) in [5, 5.41) is 28.4. The highest BCUT2D eigenvalue weighted by Gasteiger charge is 2.33. The van der Waals surface area contributed by atoms with E-state index in [9.17, 15) is 22.7 Å². The van der Waals surface area contributed by atoms with Gasteiger partial charge in [0.15, 0.2) is 0 Å². The number of likely N-dealkylation sites (tertiary alicyclic amines) is 1. The van der Waals surface area contributed by atoms with Gasteiger partial charge in [0.1, 0.15) is 24.3 Å². The molecule has 5 N–H and O–H groups in total. The number of β-amino-alcohol motifs (C(OH)–C–C–N with tert-alkyl or cyclic N) is 1. The molecule has 3 aromatic rings. The van der Waals surface area contributed by atoms with E-state index in [0.717, 1.165) is 11.3 Å². The highest BCUT2D eigenvalue weighted by molar-refractivity contribution is 7.20. The smallest absolute Gasteiger partial charge is 0.393 e. The molecule has 1 saturated heterocycles. The molecule has 48 heavy (non-hydrogen) atoms. The zero-order valence-electron chi connectivity index (χ0n) is 26.8. The lowest BCUT2D eigenvalue weighted by Crippen LogP contribution is -2.50. The number of rotatable bonds is 16. The van der Waals surface area contributed by atoms with E-state index in [-0.39, 0.29) is 74.4 Å². The van der Waals surface area contributed by atoms with E-state index >= 15 is 4.39 Å².